The summed E-state index contributed by atoms with van der Waals surface area (Å²) >= 11 is 0. The minimum Gasteiger partial charge on any atom is -0.0622 e. The molecule has 0 unspecified atom stereocenters. The first-order chi connectivity index (χ1) is 29.7. The van der Waals surface area contributed by atoms with Crippen LogP contribution in [-0.4, -0.2) is 0 Å². The lowest BCUT2D eigenvalue weighted by atomic mass is 9.85. The number of hydrogen-bond donors (Lipinski definition) is 0. The van der Waals surface area contributed by atoms with Crippen LogP contribution in [0.25, 0.3) is 131 Å². The average molecular weight is 757 g/mol. The summed E-state index contributed by atoms with van der Waals surface area (Å²) < 4.78 is 0. The van der Waals surface area contributed by atoms with Crippen LogP contribution in [-0.2, 0) is 0 Å². The molecule has 0 N–H and O–H groups in total. The zero-order chi connectivity index (χ0) is 39.3. The lowest BCUT2D eigenvalue weighted by molar-refractivity contribution is 1.57. The first-order valence-electron chi connectivity index (χ1n) is 20.9. The quantitative estimate of drug-likeness (QED) is 0.153. The minimum absolute atomic E-state index is 1.19. The normalized spacial score (nSPS) is 12.0. The Morgan fingerprint density at radius 3 is 1.28 bits per heavy atom. The standard InChI is InChI=1S/C60H36/c1-2-9-38(10-3-1)56-36-45(27-30-53(56)52-29-24-44-22-20-40-14-7-16-42-26-32-55(52)60(44)58(40)42)46-33-47(50-18-8-12-37-11-4-5-17-49(37)50)35-48(34-46)51-28-23-43-21-19-39-13-6-15-41-25-31-54(51)59(43)57(39)41/h1-36H. The average Bonchev–Trinajstić information content (AvgIpc) is 3.32. The molecule has 60 heavy (non-hydrogen) atoms. The molecule has 0 bridgehead atoms. The van der Waals surface area contributed by atoms with Crippen molar-refractivity contribution in [3.05, 3.63) is 218 Å². The van der Waals surface area contributed by atoms with Crippen LogP contribution >= 0.6 is 0 Å². The Morgan fingerprint density at radius 2 is 0.617 bits per heavy atom. The second kappa shape index (κ2) is 12.9. The summed E-state index contributed by atoms with van der Waals surface area (Å²) in [4.78, 5) is 0. The lowest BCUT2D eigenvalue weighted by Crippen LogP contribution is -1.92. The summed E-state index contributed by atoms with van der Waals surface area (Å²) in [6.45, 7) is 0. The first kappa shape index (κ1) is 33.2. The fourth-order valence-corrected chi connectivity index (χ4v) is 10.4. The van der Waals surface area contributed by atoms with Gasteiger partial charge in [0.15, 0.2) is 0 Å². The molecule has 0 heterocycles. The maximum Gasteiger partial charge on any atom is -0.00206 e. The molecule has 0 aliphatic rings. The molecule has 0 aliphatic heterocycles. The second-order valence-electron chi connectivity index (χ2n) is 16.4. The summed E-state index contributed by atoms with van der Waals surface area (Å²) in [7, 11) is 0. The van der Waals surface area contributed by atoms with Crippen molar-refractivity contribution < 1.29 is 0 Å². The van der Waals surface area contributed by atoms with E-state index in [1.165, 1.54) is 131 Å². The minimum atomic E-state index is 1.19. The molecular weight excluding hydrogens is 721 g/mol. The van der Waals surface area contributed by atoms with Gasteiger partial charge in [-0.25, -0.2) is 0 Å². The Balaban J connectivity index is 1.07. The molecule has 0 amide bonds. The highest BCUT2D eigenvalue weighted by atomic mass is 14.2. The molecule has 0 heteroatoms. The van der Waals surface area contributed by atoms with Crippen molar-refractivity contribution in [2.24, 2.45) is 0 Å². The topological polar surface area (TPSA) is 0 Å². The highest BCUT2D eigenvalue weighted by Crippen LogP contribution is 2.46. The zero-order valence-corrected chi connectivity index (χ0v) is 32.8. The number of hydrogen-bond acceptors (Lipinski definition) is 0. The fraction of sp³-hybridized carbons (Fsp3) is 0. The van der Waals surface area contributed by atoms with Gasteiger partial charge in [0, 0.05) is 0 Å². The van der Waals surface area contributed by atoms with Gasteiger partial charge < -0.3 is 0 Å². The van der Waals surface area contributed by atoms with Crippen molar-refractivity contribution in [2.45, 2.75) is 0 Å². The summed E-state index contributed by atoms with van der Waals surface area (Å²) in [5, 5.41) is 18.1. The van der Waals surface area contributed by atoms with Crippen LogP contribution in [0.4, 0.5) is 0 Å². The Bertz CT molecular complexity index is 3780. The van der Waals surface area contributed by atoms with Crippen LogP contribution in [0.3, 0.4) is 0 Å². The molecule has 0 saturated heterocycles. The molecule has 0 spiro atoms. The molecule has 13 aromatic carbocycles. The summed E-state index contributed by atoms with van der Waals surface area (Å²) in [6.07, 6.45) is 0. The molecule has 0 aliphatic carbocycles. The van der Waals surface area contributed by atoms with Crippen molar-refractivity contribution in [1.29, 1.82) is 0 Å². The highest BCUT2D eigenvalue weighted by molar-refractivity contribution is 6.27. The SMILES string of the molecule is c1ccc(-c2cc(-c3cc(-c4cccc5ccccc45)cc(-c4ccc5ccc6cccc7ccc4c5c67)c3)ccc2-c2ccc3ccc4cccc5ccc2c3c45)cc1. The van der Waals surface area contributed by atoms with Crippen molar-refractivity contribution in [3.63, 3.8) is 0 Å². The van der Waals surface area contributed by atoms with E-state index in [1.807, 2.05) is 0 Å². The van der Waals surface area contributed by atoms with E-state index in [1.54, 1.807) is 0 Å². The molecule has 0 aromatic heterocycles. The Kier molecular flexibility index (Phi) is 7.11. The van der Waals surface area contributed by atoms with Crippen LogP contribution in [0, 0.1) is 0 Å². The monoisotopic (exact) mass is 756 g/mol. The van der Waals surface area contributed by atoms with Gasteiger partial charge in [-0.05, 0) is 155 Å². The first-order valence-corrected chi connectivity index (χ1v) is 20.9. The van der Waals surface area contributed by atoms with Crippen molar-refractivity contribution >= 4 is 75.4 Å². The second-order valence-corrected chi connectivity index (χ2v) is 16.4. The fourth-order valence-electron chi connectivity index (χ4n) is 10.4. The zero-order valence-electron chi connectivity index (χ0n) is 32.8. The van der Waals surface area contributed by atoms with E-state index in [-0.39, 0.29) is 0 Å². The maximum absolute atomic E-state index is 2.43. The molecule has 13 rings (SSSR count). The van der Waals surface area contributed by atoms with E-state index in [0.29, 0.717) is 0 Å². The van der Waals surface area contributed by atoms with E-state index in [0.717, 1.165) is 0 Å². The van der Waals surface area contributed by atoms with E-state index < -0.39 is 0 Å². The smallest absolute Gasteiger partial charge is 0.00206 e. The van der Waals surface area contributed by atoms with Gasteiger partial charge >= 0.3 is 0 Å². The van der Waals surface area contributed by atoms with Gasteiger partial charge in [-0.3, -0.25) is 0 Å². The van der Waals surface area contributed by atoms with Crippen LogP contribution in [0.5, 0.6) is 0 Å². The van der Waals surface area contributed by atoms with Crippen LogP contribution < -0.4 is 0 Å². The van der Waals surface area contributed by atoms with E-state index in [4.69, 9.17) is 0 Å². The number of fused-ring (bicyclic) bond motifs is 1. The van der Waals surface area contributed by atoms with Gasteiger partial charge in [-0.2, -0.15) is 0 Å². The summed E-state index contributed by atoms with van der Waals surface area (Å²) in [6, 6.07) is 81.7. The van der Waals surface area contributed by atoms with E-state index >= 15 is 0 Å². The number of rotatable bonds is 5. The van der Waals surface area contributed by atoms with Crippen molar-refractivity contribution in [1.82, 2.24) is 0 Å². The third-order valence-corrected chi connectivity index (χ3v) is 13.1. The van der Waals surface area contributed by atoms with Gasteiger partial charge in [0.2, 0.25) is 0 Å². The summed E-state index contributed by atoms with van der Waals surface area (Å²) in [5.41, 5.74) is 12.2. The predicted octanol–water partition coefficient (Wildman–Crippen LogP) is 17.0. The van der Waals surface area contributed by atoms with Crippen LogP contribution in [0.2, 0.25) is 0 Å². The number of benzene rings is 13. The van der Waals surface area contributed by atoms with Crippen LogP contribution in [0.15, 0.2) is 218 Å². The van der Waals surface area contributed by atoms with Gasteiger partial charge in [0.05, 0.1) is 0 Å². The highest BCUT2D eigenvalue weighted by Gasteiger charge is 2.19. The van der Waals surface area contributed by atoms with Gasteiger partial charge in [-0.15, -0.1) is 0 Å². The van der Waals surface area contributed by atoms with Crippen molar-refractivity contribution in [2.75, 3.05) is 0 Å². The third-order valence-electron chi connectivity index (χ3n) is 13.1. The molecule has 0 radical (unpaired) electrons. The van der Waals surface area contributed by atoms with Crippen molar-refractivity contribution in [3.8, 4) is 55.6 Å². The molecule has 0 atom stereocenters. The van der Waals surface area contributed by atoms with E-state index in [9.17, 15) is 0 Å². The Morgan fingerprint density at radius 1 is 0.167 bits per heavy atom. The molecule has 0 saturated carbocycles. The molecule has 276 valence electrons. The Labute approximate surface area is 347 Å². The third kappa shape index (κ3) is 4.98. The summed E-state index contributed by atoms with van der Waals surface area (Å²) in [5.74, 6) is 0. The van der Waals surface area contributed by atoms with Gasteiger partial charge in [0.25, 0.3) is 0 Å². The predicted molar refractivity (Wildman–Crippen MR) is 259 cm³/mol. The molecular formula is C60H36. The maximum atomic E-state index is 2.43. The largest absolute Gasteiger partial charge is 0.0622 e. The Hall–Kier alpha value is -7.80. The molecule has 13 aromatic rings. The molecule has 0 fully saturated rings. The van der Waals surface area contributed by atoms with Gasteiger partial charge in [-0.1, -0.05) is 194 Å². The van der Waals surface area contributed by atoms with Crippen LogP contribution in [0.1, 0.15) is 0 Å². The van der Waals surface area contributed by atoms with Gasteiger partial charge in [0.1, 0.15) is 0 Å². The lowest BCUT2D eigenvalue weighted by Gasteiger charge is -2.19. The van der Waals surface area contributed by atoms with E-state index in [2.05, 4.69) is 218 Å². The molecule has 0 nitrogen and oxygen atoms in total.